The smallest absolute Gasteiger partial charge is 0.402 e. The molecule has 0 heterocycles. The Morgan fingerprint density at radius 1 is 1.29 bits per heavy atom. The van der Waals surface area contributed by atoms with Gasteiger partial charge >= 0.3 is 11.9 Å². The molecule has 1 rings (SSSR count). The highest BCUT2D eigenvalue weighted by molar-refractivity contribution is 6.09. The predicted molar refractivity (Wildman–Crippen MR) is 54.8 cm³/mol. The molecule has 0 saturated heterocycles. The number of rotatable bonds is 5. The summed E-state index contributed by atoms with van der Waals surface area (Å²) >= 11 is 0. The predicted octanol–water partition coefficient (Wildman–Crippen LogP) is 1.71. The number of methoxy groups -OCH3 is 1. The number of ketones is 1. The minimum Gasteiger partial charge on any atom is -0.461 e. The lowest BCUT2D eigenvalue weighted by atomic mass is 9.92. The summed E-state index contributed by atoms with van der Waals surface area (Å²) < 4.78 is 36.3. The van der Waals surface area contributed by atoms with Crippen LogP contribution in [0.2, 0.25) is 0 Å². The van der Waals surface area contributed by atoms with E-state index in [1.807, 2.05) is 0 Å². The van der Waals surface area contributed by atoms with Crippen LogP contribution in [-0.4, -0.2) is 37.0 Å². The number of esters is 1. The van der Waals surface area contributed by atoms with Gasteiger partial charge in [-0.1, -0.05) is 0 Å². The fourth-order valence-electron chi connectivity index (χ4n) is 2.07. The van der Waals surface area contributed by atoms with Crippen molar-refractivity contribution in [2.45, 2.75) is 44.1 Å². The van der Waals surface area contributed by atoms with Gasteiger partial charge in [-0.25, -0.2) is 4.79 Å². The van der Waals surface area contributed by atoms with Gasteiger partial charge in [0.15, 0.2) is 0 Å². The van der Waals surface area contributed by atoms with Crippen molar-refractivity contribution in [3.8, 4) is 0 Å². The molecule has 1 fully saturated rings. The molecule has 0 bridgehead atoms. The number of hydrogen-bond donors (Lipinski definition) is 0. The maximum absolute atomic E-state index is 13.6. The SMILES string of the molecule is CCOC(=O)C(F)(F)C(=O)C1(OC)CCCC1. The monoisotopic (exact) mass is 250 g/mol. The first-order valence-corrected chi connectivity index (χ1v) is 5.56. The third-order valence-corrected chi connectivity index (χ3v) is 3.03. The lowest BCUT2D eigenvalue weighted by Gasteiger charge is -2.28. The zero-order valence-electron chi connectivity index (χ0n) is 9.92. The molecule has 6 heteroatoms. The van der Waals surface area contributed by atoms with E-state index in [1.54, 1.807) is 0 Å². The van der Waals surface area contributed by atoms with Crippen LogP contribution in [0, 0.1) is 0 Å². The largest absolute Gasteiger partial charge is 0.461 e. The number of carbonyl (C=O) groups excluding carboxylic acids is 2. The van der Waals surface area contributed by atoms with E-state index in [-0.39, 0.29) is 19.4 Å². The summed E-state index contributed by atoms with van der Waals surface area (Å²) in [5.41, 5.74) is -1.53. The van der Waals surface area contributed by atoms with Crippen molar-refractivity contribution in [1.29, 1.82) is 0 Å². The summed E-state index contributed by atoms with van der Waals surface area (Å²) in [6.07, 6.45) is 1.71. The molecule has 0 radical (unpaired) electrons. The summed E-state index contributed by atoms with van der Waals surface area (Å²) in [5, 5.41) is 0. The lowest BCUT2D eigenvalue weighted by molar-refractivity contribution is -0.186. The Balaban J connectivity index is 2.90. The molecule has 0 atom stereocenters. The second-order valence-electron chi connectivity index (χ2n) is 4.03. The van der Waals surface area contributed by atoms with Crippen LogP contribution in [0.25, 0.3) is 0 Å². The molecule has 0 aromatic heterocycles. The zero-order chi connectivity index (χ0) is 13.1. The standard InChI is InChI=1S/C11H16F2O4/c1-3-17-9(15)11(12,13)8(14)10(16-2)6-4-5-7-10/h3-7H2,1-2H3. The number of ether oxygens (including phenoxy) is 2. The second kappa shape index (κ2) is 5.08. The van der Waals surface area contributed by atoms with E-state index in [1.165, 1.54) is 14.0 Å². The highest BCUT2D eigenvalue weighted by Crippen LogP contribution is 2.38. The zero-order valence-corrected chi connectivity index (χ0v) is 9.92. The lowest BCUT2D eigenvalue weighted by Crippen LogP contribution is -2.52. The van der Waals surface area contributed by atoms with E-state index in [9.17, 15) is 18.4 Å². The first-order valence-electron chi connectivity index (χ1n) is 5.56. The third-order valence-electron chi connectivity index (χ3n) is 3.03. The average molecular weight is 250 g/mol. The van der Waals surface area contributed by atoms with E-state index in [0.29, 0.717) is 12.8 Å². The summed E-state index contributed by atoms with van der Waals surface area (Å²) in [4.78, 5) is 22.8. The van der Waals surface area contributed by atoms with Gasteiger partial charge in [0.2, 0.25) is 5.78 Å². The number of alkyl halides is 2. The maximum atomic E-state index is 13.6. The highest BCUT2D eigenvalue weighted by atomic mass is 19.3. The summed E-state index contributed by atoms with van der Waals surface area (Å²) in [5.74, 6) is -7.41. The van der Waals surface area contributed by atoms with Crippen LogP contribution >= 0.6 is 0 Å². The Kier molecular flexibility index (Phi) is 4.19. The van der Waals surface area contributed by atoms with E-state index in [2.05, 4.69) is 4.74 Å². The van der Waals surface area contributed by atoms with E-state index >= 15 is 0 Å². The topological polar surface area (TPSA) is 52.6 Å². The molecule has 0 aromatic carbocycles. The molecule has 4 nitrogen and oxygen atoms in total. The fourth-order valence-corrected chi connectivity index (χ4v) is 2.07. The molecular weight excluding hydrogens is 234 g/mol. The third kappa shape index (κ3) is 2.46. The average Bonchev–Trinajstić information content (AvgIpc) is 2.78. The number of Topliss-reactive ketones (excluding diaryl/α,β-unsaturated/α-hetero) is 1. The normalized spacial score (nSPS) is 19.1. The molecule has 17 heavy (non-hydrogen) atoms. The van der Waals surface area contributed by atoms with Gasteiger partial charge in [0.1, 0.15) is 5.60 Å². The molecule has 1 aliphatic carbocycles. The van der Waals surface area contributed by atoms with Gasteiger partial charge < -0.3 is 9.47 Å². The Morgan fingerprint density at radius 3 is 2.24 bits per heavy atom. The quantitative estimate of drug-likeness (QED) is 0.550. The molecule has 0 spiro atoms. The van der Waals surface area contributed by atoms with Crippen LogP contribution in [0.15, 0.2) is 0 Å². The van der Waals surface area contributed by atoms with Crippen LogP contribution in [0.5, 0.6) is 0 Å². The van der Waals surface area contributed by atoms with Crippen molar-refractivity contribution in [1.82, 2.24) is 0 Å². The van der Waals surface area contributed by atoms with Crippen molar-refractivity contribution >= 4 is 11.8 Å². The van der Waals surface area contributed by atoms with Crippen molar-refractivity contribution in [3.63, 3.8) is 0 Å². The molecular formula is C11H16F2O4. The Hall–Kier alpha value is -1.04. The van der Waals surface area contributed by atoms with Crippen LogP contribution < -0.4 is 0 Å². The number of carbonyl (C=O) groups is 2. The summed E-state index contributed by atoms with van der Waals surface area (Å²) in [6.45, 7) is 1.21. The van der Waals surface area contributed by atoms with Gasteiger partial charge in [-0.05, 0) is 32.6 Å². The second-order valence-corrected chi connectivity index (χ2v) is 4.03. The van der Waals surface area contributed by atoms with Crippen molar-refractivity contribution in [2.75, 3.05) is 13.7 Å². The fraction of sp³-hybridized carbons (Fsp3) is 0.818. The molecule has 98 valence electrons. The molecule has 1 saturated carbocycles. The first kappa shape index (κ1) is 14.0. The van der Waals surface area contributed by atoms with Crippen molar-refractivity contribution < 1.29 is 27.8 Å². The van der Waals surface area contributed by atoms with E-state index < -0.39 is 23.3 Å². The molecule has 0 N–H and O–H groups in total. The van der Waals surface area contributed by atoms with Crippen molar-refractivity contribution in [2.24, 2.45) is 0 Å². The summed E-state index contributed by atoms with van der Waals surface area (Å²) in [6, 6.07) is 0. The Bertz CT molecular complexity index is 309. The van der Waals surface area contributed by atoms with Gasteiger partial charge in [0.05, 0.1) is 6.61 Å². The van der Waals surface area contributed by atoms with Crippen LogP contribution in [-0.2, 0) is 19.1 Å². The van der Waals surface area contributed by atoms with Crippen LogP contribution in [0.3, 0.4) is 0 Å². The van der Waals surface area contributed by atoms with Crippen LogP contribution in [0.1, 0.15) is 32.6 Å². The van der Waals surface area contributed by atoms with Gasteiger partial charge in [-0.15, -0.1) is 0 Å². The van der Waals surface area contributed by atoms with Crippen LogP contribution in [0.4, 0.5) is 8.78 Å². The van der Waals surface area contributed by atoms with E-state index in [0.717, 1.165) is 0 Å². The molecule has 0 aromatic rings. The van der Waals surface area contributed by atoms with Gasteiger partial charge in [0.25, 0.3) is 0 Å². The van der Waals surface area contributed by atoms with Gasteiger partial charge in [0, 0.05) is 7.11 Å². The van der Waals surface area contributed by atoms with E-state index in [4.69, 9.17) is 4.74 Å². The highest BCUT2D eigenvalue weighted by Gasteiger charge is 2.58. The first-order chi connectivity index (χ1) is 7.90. The molecule has 0 aliphatic heterocycles. The van der Waals surface area contributed by atoms with Gasteiger partial charge in [-0.3, -0.25) is 4.79 Å². The minimum absolute atomic E-state index is 0.193. The Labute approximate surface area is 98.3 Å². The number of hydrogen-bond acceptors (Lipinski definition) is 4. The number of halogens is 2. The maximum Gasteiger partial charge on any atom is 0.402 e. The molecule has 0 amide bonds. The van der Waals surface area contributed by atoms with Crippen molar-refractivity contribution in [3.05, 3.63) is 0 Å². The molecule has 1 aliphatic rings. The Morgan fingerprint density at radius 2 is 1.82 bits per heavy atom. The summed E-state index contributed by atoms with van der Waals surface area (Å²) in [7, 11) is 1.21. The molecule has 0 unspecified atom stereocenters. The minimum atomic E-state index is -4.13. The van der Waals surface area contributed by atoms with Gasteiger partial charge in [-0.2, -0.15) is 8.78 Å².